The largest absolute Gasteiger partial charge is 0.361 e. The van der Waals surface area contributed by atoms with E-state index >= 15 is 0 Å². The number of nitrogens with zero attached hydrogens (tertiary/aromatic N) is 1. The Balaban J connectivity index is 1.42. The number of nitrogens with one attached hydrogen (secondary N) is 2. The van der Waals surface area contributed by atoms with Crippen molar-refractivity contribution in [1.82, 2.24) is 15.4 Å². The lowest BCUT2D eigenvalue weighted by Crippen LogP contribution is -2.34. The van der Waals surface area contributed by atoms with Crippen LogP contribution in [0.2, 0.25) is 0 Å². The highest BCUT2D eigenvalue weighted by molar-refractivity contribution is 5.90. The second-order valence-corrected chi connectivity index (χ2v) is 7.57. The molecule has 0 spiro atoms. The Kier molecular flexibility index (Phi) is 7.11. The Morgan fingerprint density at radius 3 is 2.71 bits per heavy atom. The van der Waals surface area contributed by atoms with Crippen LogP contribution < -0.4 is 5.48 Å². The highest BCUT2D eigenvalue weighted by Gasteiger charge is 2.20. The fourth-order valence-corrected chi connectivity index (χ4v) is 3.78. The smallest absolute Gasteiger partial charge is 0.267 e. The number of benzene rings is 2. The Morgan fingerprint density at radius 1 is 1.16 bits per heavy atom. The molecule has 7 nitrogen and oxygen atoms in total. The van der Waals surface area contributed by atoms with Crippen LogP contribution >= 0.6 is 0 Å². The molecule has 2 aromatic carbocycles. The van der Waals surface area contributed by atoms with Crippen LogP contribution in [0.25, 0.3) is 17.0 Å². The van der Waals surface area contributed by atoms with E-state index in [0.717, 1.165) is 30.6 Å². The van der Waals surface area contributed by atoms with Gasteiger partial charge < -0.3 is 14.5 Å². The SMILES string of the molecule is O=C(C=Cc1ccc(CN(CCc2c[nH]c3ccccc23)CC2OCCO2)cc1)NO. The van der Waals surface area contributed by atoms with Gasteiger partial charge >= 0.3 is 0 Å². The number of hydrogen-bond donors (Lipinski definition) is 3. The van der Waals surface area contributed by atoms with E-state index in [1.807, 2.05) is 30.3 Å². The molecule has 2 heterocycles. The van der Waals surface area contributed by atoms with Crippen LogP contribution in [0.15, 0.2) is 60.8 Å². The number of H-pyrrole nitrogens is 1. The summed E-state index contributed by atoms with van der Waals surface area (Å²) in [5.74, 6) is -0.552. The van der Waals surface area contributed by atoms with E-state index in [9.17, 15) is 4.79 Å². The van der Waals surface area contributed by atoms with Crippen molar-refractivity contribution in [3.63, 3.8) is 0 Å². The van der Waals surface area contributed by atoms with Crippen LogP contribution in [-0.4, -0.2) is 53.6 Å². The Morgan fingerprint density at radius 2 is 1.94 bits per heavy atom. The van der Waals surface area contributed by atoms with Crippen molar-refractivity contribution in [2.45, 2.75) is 19.3 Å². The summed E-state index contributed by atoms with van der Waals surface area (Å²) in [6, 6.07) is 16.4. The lowest BCUT2D eigenvalue weighted by atomic mass is 10.1. The molecule has 1 amide bonds. The third-order valence-electron chi connectivity index (χ3n) is 5.39. The summed E-state index contributed by atoms with van der Waals surface area (Å²) in [5.41, 5.74) is 6.10. The minimum Gasteiger partial charge on any atom is -0.361 e. The fourth-order valence-electron chi connectivity index (χ4n) is 3.78. The quantitative estimate of drug-likeness (QED) is 0.281. The average Bonchev–Trinajstić information content (AvgIpc) is 3.46. The molecule has 1 saturated heterocycles. The monoisotopic (exact) mass is 421 g/mol. The summed E-state index contributed by atoms with van der Waals surface area (Å²) in [4.78, 5) is 16.8. The summed E-state index contributed by atoms with van der Waals surface area (Å²) < 4.78 is 11.4. The van der Waals surface area contributed by atoms with Crippen molar-refractivity contribution in [2.75, 3.05) is 26.3 Å². The zero-order chi connectivity index (χ0) is 21.5. The molecule has 0 aliphatic carbocycles. The summed E-state index contributed by atoms with van der Waals surface area (Å²) in [6.45, 7) is 3.64. The Labute approximate surface area is 181 Å². The number of ether oxygens (including phenoxy) is 2. The van der Waals surface area contributed by atoms with Gasteiger partial charge in [0.25, 0.3) is 5.91 Å². The minimum absolute atomic E-state index is 0.192. The van der Waals surface area contributed by atoms with E-state index in [0.29, 0.717) is 19.8 Å². The number of rotatable bonds is 9. The number of aromatic amines is 1. The van der Waals surface area contributed by atoms with Gasteiger partial charge in [0.05, 0.1) is 13.2 Å². The first-order valence-corrected chi connectivity index (χ1v) is 10.4. The first-order valence-electron chi connectivity index (χ1n) is 10.4. The van der Waals surface area contributed by atoms with Crippen molar-refractivity contribution in [3.05, 3.63) is 77.5 Å². The molecule has 1 aliphatic rings. The molecule has 0 unspecified atom stereocenters. The number of para-hydroxylation sites is 1. The molecule has 31 heavy (non-hydrogen) atoms. The minimum atomic E-state index is -0.552. The van der Waals surface area contributed by atoms with Gasteiger partial charge in [0, 0.05) is 42.8 Å². The van der Waals surface area contributed by atoms with Gasteiger partial charge in [0.1, 0.15) is 0 Å². The van der Waals surface area contributed by atoms with E-state index < -0.39 is 5.91 Å². The molecular weight excluding hydrogens is 394 g/mol. The first-order chi connectivity index (χ1) is 15.2. The summed E-state index contributed by atoms with van der Waals surface area (Å²) in [5, 5.41) is 9.83. The van der Waals surface area contributed by atoms with E-state index in [-0.39, 0.29) is 6.29 Å². The summed E-state index contributed by atoms with van der Waals surface area (Å²) >= 11 is 0. The second kappa shape index (κ2) is 10.4. The van der Waals surface area contributed by atoms with Crippen LogP contribution in [0.5, 0.6) is 0 Å². The lowest BCUT2D eigenvalue weighted by Gasteiger charge is -2.25. The molecule has 1 aromatic heterocycles. The number of carbonyl (C=O) groups excluding carboxylic acids is 1. The van der Waals surface area contributed by atoms with Crippen molar-refractivity contribution in [2.24, 2.45) is 0 Å². The number of hydroxylamine groups is 1. The van der Waals surface area contributed by atoms with Gasteiger partial charge in [-0.25, -0.2) is 5.48 Å². The Hall–Kier alpha value is -2.97. The van der Waals surface area contributed by atoms with E-state index in [2.05, 4.69) is 34.3 Å². The standard InChI is InChI=1S/C24H27N3O4/c28-23(26-29)10-9-18-5-7-19(8-6-18)16-27(17-24-30-13-14-31-24)12-11-20-15-25-22-4-2-1-3-21(20)22/h1-10,15,24-25,29H,11-14,16-17H2,(H,26,28). The molecule has 0 bridgehead atoms. The highest BCUT2D eigenvalue weighted by Crippen LogP contribution is 2.19. The van der Waals surface area contributed by atoms with Gasteiger partial charge in [-0.2, -0.15) is 0 Å². The zero-order valence-corrected chi connectivity index (χ0v) is 17.3. The number of fused-ring (bicyclic) bond motifs is 1. The summed E-state index contributed by atoms with van der Waals surface area (Å²) in [6.07, 6.45) is 5.77. The van der Waals surface area contributed by atoms with Crippen molar-refractivity contribution in [1.29, 1.82) is 0 Å². The maximum Gasteiger partial charge on any atom is 0.267 e. The van der Waals surface area contributed by atoms with Crippen LogP contribution in [-0.2, 0) is 27.2 Å². The maximum absolute atomic E-state index is 11.1. The predicted octanol–water partition coefficient (Wildman–Crippen LogP) is 3.10. The van der Waals surface area contributed by atoms with Crippen LogP contribution in [0.1, 0.15) is 16.7 Å². The van der Waals surface area contributed by atoms with Crippen molar-refractivity contribution >= 4 is 22.9 Å². The van der Waals surface area contributed by atoms with Crippen LogP contribution in [0.4, 0.5) is 0 Å². The molecule has 3 N–H and O–H groups in total. The third kappa shape index (κ3) is 5.80. The van der Waals surface area contributed by atoms with E-state index in [1.165, 1.54) is 22.6 Å². The first kappa shape index (κ1) is 21.3. The van der Waals surface area contributed by atoms with Gasteiger partial charge in [-0.3, -0.25) is 14.9 Å². The average molecular weight is 421 g/mol. The van der Waals surface area contributed by atoms with Crippen LogP contribution in [0, 0.1) is 0 Å². The van der Waals surface area contributed by atoms with Gasteiger partial charge in [0.15, 0.2) is 6.29 Å². The van der Waals surface area contributed by atoms with Gasteiger partial charge in [-0.15, -0.1) is 0 Å². The second-order valence-electron chi connectivity index (χ2n) is 7.57. The third-order valence-corrected chi connectivity index (χ3v) is 5.39. The van der Waals surface area contributed by atoms with Gasteiger partial charge in [-0.05, 0) is 35.3 Å². The highest BCUT2D eigenvalue weighted by atomic mass is 16.7. The molecule has 162 valence electrons. The molecule has 0 radical (unpaired) electrons. The van der Waals surface area contributed by atoms with Crippen LogP contribution in [0.3, 0.4) is 0 Å². The predicted molar refractivity (Wildman–Crippen MR) is 118 cm³/mol. The normalized spacial score (nSPS) is 14.8. The molecule has 3 aromatic rings. The summed E-state index contributed by atoms with van der Waals surface area (Å²) in [7, 11) is 0. The molecule has 1 aliphatic heterocycles. The molecule has 4 rings (SSSR count). The molecule has 0 atom stereocenters. The zero-order valence-electron chi connectivity index (χ0n) is 17.3. The number of carbonyl (C=O) groups is 1. The van der Waals surface area contributed by atoms with Crippen molar-refractivity contribution < 1.29 is 19.5 Å². The van der Waals surface area contributed by atoms with Crippen molar-refractivity contribution in [3.8, 4) is 0 Å². The lowest BCUT2D eigenvalue weighted by molar-refractivity contribution is -0.124. The topological polar surface area (TPSA) is 86.8 Å². The number of hydrogen-bond acceptors (Lipinski definition) is 5. The Bertz CT molecular complexity index is 1020. The fraction of sp³-hybridized carbons (Fsp3) is 0.292. The van der Waals surface area contributed by atoms with E-state index in [1.54, 1.807) is 11.6 Å². The molecular formula is C24H27N3O4. The van der Waals surface area contributed by atoms with Gasteiger partial charge in [0.2, 0.25) is 0 Å². The van der Waals surface area contributed by atoms with E-state index in [4.69, 9.17) is 14.7 Å². The van der Waals surface area contributed by atoms with Gasteiger partial charge in [-0.1, -0.05) is 42.5 Å². The molecule has 1 fully saturated rings. The maximum atomic E-state index is 11.1. The molecule has 7 heteroatoms. The molecule has 0 saturated carbocycles. The number of amides is 1. The number of aromatic nitrogens is 1.